The van der Waals surface area contributed by atoms with Crippen molar-refractivity contribution < 1.29 is 4.74 Å². The number of nitrogens with zero attached hydrogens (tertiary/aromatic N) is 4. The van der Waals surface area contributed by atoms with E-state index in [1.807, 2.05) is 25.1 Å². The number of ether oxygens (including phenoxy) is 1. The van der Waals surface area contributed by atoms with E-state index in [1.54, 1.807) is 11.0 Å². The molecule has 1 saturated carbocycles. The molecule has 1 fully saturated rings. The lowest BCUT2D eigenvalue weighted by atomic mass is 9.64. The second-order valence-corrected chi connectivity index (χ2v) is 5.97. The molecule has 6 heteroatoms. The van der Waals surface area contributed by atoms with Gasteiger partial charge in [0.1, 0.15) is 6.33 Å². The molecule has 0 radical (unpaired) electrons. The molecule has 1 aliphatic rings. The van der Waals surface area contributed by atoms with E-state index < -0.39 is 0 Å². The third kappa shape index (κ3) is 2.51. The Kier molecular flexibility index (Phi) is 3.63. The summed E-state index contributed by atoms with van der Waals surface area (Å²) in [6.45, 7) is 7.30. The number of hydrogen-bond acceptors (Lipinski definition) is 5. The van der Waals surface area contributed by atoms with Gasteiger partial charge < -0.3 is 10.1 Å². The second-order valence-electron chi connectivity index (χ2n) is 5.97. The summed E-state index contributed by atoms with van der Waals surface area (Å²) in [4.78, 5) is 0. The number of tetrazole rings is 1. The van der Waals surface area contributed by atoms with Crippen molar-refractivity contribution in [2.75, 3.05) is 11.9 Å². The summed E-state index contributed by atoms with van der Waals surface area (Å²) in [6.07, 6.45) is 2.94. The zero-order valence-corrected chi connectivity index (χ0v) is 12.7. The Labute approximate surface area is 124 Å². The quantitative estimate of drug-likeness (QED) is 0.914. The fourth-order valence-corrected chi connectivity index (χ4v) is 2.87. The molecule has 2 aromatic rings. The summed E-state index contributed by atoms with van der Waals surface area (Å²) in [6, 6.07) is 8.44. The van der Waals surface area contributed by atoms with Crippen molar-refractivity contribution in [2.45, 2.75) is 39.3 Å². The number of nitrogens with one attached hydrogen (secondary N) is 1. The largest absolute Gasteiger partial charge is 0.380 e. The molecule has 2 unspecified atom stereocenters. The van der Waals surface area contributed by atoms with Crippen molar-refractivity contribution in [1.82, 2.24) is 20.2 Å². The molecule has 0 bridgehead atoms. The zero-order chi connectivity index (χ0) is 14.9. The Bertz CT molecular complexity index is 596. The summed E-state index contributed by atoms with van der Waals surface area (Å²) in [7, 11) is 0. The predicted molar refractivity (Wildman–Crippen MR) is 80.4 cm³/mol. The first-order chi connectivity index (χ1) is 10.1. The van der Waals surface area contributed by atoms with Crippen LogP contribution in [-0.2, 0) is 4.74 Å². The molecule has 6 nitrogen and oxygen atoms in total. The number of para-hydroxylation sites is 2. The number of rotatable bonds is 5. The Hall–Kier alpha value is -1.95. The van der Waals surface area contributed by atoms with E-state index in [-0.39, 0.29) is 5.41 Å². The van der Waals surface area contributed by atoms with E-state index in [2.05, 4.69) is 40.8 Å². The summed E-state index contributed by atoms with van der Waals surface area (Å²) in [5.41, 5.74) is 2.11. The molecule has 0 amide bonds. The van der Waals surface area contributed by atoms with Crippen molar-refractivity contribution in [3.05, 3.63) is 30.6 Å². The molecule has 1 aliphatic carbocycles. The first kappa shape index (κ1) is 14.0. The van der Waals surface area contributed by atoms with E-state index in [1.165, 1.54) is 0 Å². The smallest absolute Gasteiger partial charge is 0.143 e. The third-order valence-corrected chi connectivity index (χ3v) is 4.38. The second kappa shape index (κ2) is 5.44. The fourth-order valence-electron chi connectivity index (χ4n) is 2.87. The van der Waals surface area contributed by atoms with Crippen LogP contribution >= 0.6 is 0 Å². The van der Waals surface area contributed by atoms with E-state index in [0.29, 0.717) is 12.1 Å². The molecular weight excluding hydrogens is 266 g/mol. The van der Waals surface area contributed by atoms with Crippen LogP contribution < -0.4 is 5.32 Å². The van der Waals surface area contributed by atoms with Crippen molar-refractivity contribution in [3.63, 3.8) is 0 Å². The van der Waals surface area contributed by atoms with Crippen molar-refractivity contribution >= 4 is 5.69 Å². The summed E-state index contributed by atoms with van der Waals surface area (Å²) in [5, 5.41) is 15.0. The molecule has 1 aromatic carbocycles. The number of benzene rings is 1. The van der Waals surface area contributed by atoms with Crippen LogP contribution in [0.3, 0.4) is 0 Å². The van der Waals surface area contributed by atoms with Crippen LogP contribution in [0.4, 0.5) is 5.69 Å². The maximum absolute atomic E-state index is 5.79. The van der Waals surface area contributed by atoms with Crippen LogP contribution in [0.15, 0.2) is 30.6 Å². The lowest BCUT2D eigenvalue weighted by Crippen LogP contribution is -2.58. The molecule has 0 saturated heterocycles. The first-order valence-electron chi connectivity index (χ1n) is 7.33. The van der Waals surface area contributed by atoms with Gasteiger partial charge in [0.25, 0.3) is 0 Å². The average Bonchev–Trinajstić information content (AvgIpc) is 3.01. The Morgan fingerprint density at radius 2 is 2.19 bits per heavy atom. The first-order valence-corrected chi connectivity index (χ1v) is 7.33. The molecule has 21 heavy (non-hydrogen) atoms. The Balaban J connectivity index is 1.78. The molecule has 1 heterocycles. The van der Waals surface area contributed by atoms with E-state index in [4.69, 9.17) is 4.74 Å². The van der Waals surface area contributed by atoms with Gasteiger partial charge in [0, 0.05) is 18.1 Å². The zero-order valence-electron chi connectivity index (χ0n) is 12.7. The van der Waals surface area contributed by atoms with Gasteiger partial charge in [-0.15, -0.1) is 5.10 Å². The number of aromatic nitrogens is 4. The minimum atomic E-state index is 0.115. The monoisotopic (exact) mass is 287 g/mol. The van der Waals surface area contributed by atoms with Crippen molar-refractivity contribution in [2.24, 2.45) is 5.41 Å². The highest BCUT2D eigenvalue weighted by Gasteiger charge is 2.49. The minimum absolute atomic E-state index is 0.115. The number of anilines is 1. The maximum Gasteiger partial charge on any atom is 0.143 e. The molecule has 3 rings (SSSR count). The predicted octanol–water partition coefficient (Wildman–Crippen LogP) is 2.28. The van der Waals surface area contributed by atoms with Gasteiger partial charge in [-0.2, -0.15) is 4.68 Å². The van der Waals surface area contributed by atoms with Gasteiger partial charge in [0.2, 0.25) is 0 Å². The molecule has 0 aliphatic heterocycles. The SMILES string of the molecule is CCOC1CC(Nc2ccccc2-n2cnnn2)C1(C)C. The minimum Gasteiger partial charge on any atom is -0.380 e. The van der Waals surface area contributed by atoms with Crippen LogP contribution in [0.25, 0.3) is 5.69 Å². The van der Waals surface area contributed by atoms with E-state index in [9.17, 15) is 0 Å². The van der Waals surface area contributed by atoms with Crippen molar-refractivity contribution in [3.8, 4) is 5.69 Å². The van der Waals surface area contributed by atoms with Crippen LogP contribution in [0.5, 0.6) is 0 Å². The van der Waals surface area contributed by atoms with Crippen LogP contribution in [0.2, 0.25) is 0 Å². The van der Waals surface area contributed by atoms with Crippen molar-refractivity contribution in [1.29, 1.82) is 0 Å². The molecule has 1 N–H and O–H groups in total. The lowest BCUT2D eigenvalue weighted by molar-refractivity contribution is -0.0975. The van der Waals surface area contributed by atoms with E-state index in [0.717, 1.165) is 24.4 Å². The van der Waals surface area contributed by atoms with Gasteiger partial charge >= 0.3 is 0 Å². The van der Waals surface area contributed by atoms with Gasteiger partial charge in [-0.05, 0) is 35.9 Å². The standard InChI is InChI=1S/C15H21N5O/c1-4-21-14-9-13(15(14,2)3)17-11-7-5-6-8-12(11)20-10-16-18-19-20/h5-8,10,13-14,17H,4,9H2,1-3H3. The highest BCUT2D eigenvalue weighted by molar-refractivity contribution is 5.61. The summed E-state index contributed by atoms with van der Waals surface area (Å²) < 4.78 is 7.46. The highest BCUT2D eigenvalue weighted by atomic mass is 16.5. The Morgan fingerprint density at radius 3 is 2.86 bits per heavy atom. The Morgan fingerprint density at radius 1 is 1.38 bits per heavy atom. The topological polar surface area (TPSA) is 64.9 Å². The van der Waals surface area contributed by atoms with E-state index >= 15 is 0 Å². The molecular formula is C15H21N5O. The normalized spacial score (nSPS) is 23.6. The van der Waals surface area contributed by atoms with Gasteiger partial charge in [-0.1, -0.05) is 26.0 Å². The summed E-state index contributed by atoms with van der Waals surface area (Å²) in [5.74, 6) is 0. The van der Waals surface area contributed by atoms with Gasteiger partial charge in [-0.25, -0.2) is 0 Å². The lowest BCUT2D eigenvalue weighted by Gasteiger charge is -2.52. The molecule has 2 atom stereocenters. The molecule has 0 spiro atoms. The number of hydrogen-bond donors (Lipinski definition) is 1. The summed E-state index contributed by atoms with van der Waals surface area (Å²) >= 11 is 0. The molecule has 1 aromatic heterocycles. The van der Waals surface area contributed by atoms with Crippen LogP contribution in [0.1, 0.15) is 27.2 Å². The van der Waals surface area contributed by atoms with Crippen LogP contribution in [-0.4, -0.2) is 39.0 Å². The highest BCUT2D eigenvalue weighted by Crippen LogP contribution is 2.44. The van der Waals surface area contributed by atoms with Crippen LogP contribution in [0, 0.1) is 5.41 Å². The molecule has 112 valence electrons. The maximum atomic E-state index is 5.79. The van der Waals surface area contributed by atoms with Gasteiger partial charge in [-0.3, -0.25) is 0 Å². The van der Waals surface area contributed by atoms with Gasteiger partial charge in [0.15, 0.2) is 0 Å². The average molecular weight is 287 g/mol. The third-order valence-electron chi connectivity index (χ3n) is 4.38. The van der Waals surface area contributed by atoms with Gasteiger partial charge in [0.05, 0.1) is 17.5 Å². The fraction of sp³-hybridized carbons (Fsp3) is 0.533.